The van der Waals surface area contributed by atoms with E-state index in [0.717, 1.165) is 23.4 Å². The maximum atomic E-state index is 13.0. The highest BCUT2D eigenvalue weighted by Gasteiger charge is 2.29. The Kier molecular flexibility index (Phi) is 5.21. The normalized spacial score (nSPS) is 15.8. The molecule has 0 atom stereocenters. The Morgan fingerprint density at radius 1 is 1.11 bits per heavy atom. The van der Waals surface area contributed by atoms with Gasteiger partial charge in [0.05, 0.1) is 31.4 Å². The maximum Gasteiger partial charge on any atom is 0.255 e. The first-order valence-electron chi connectivity index (χ1n) is 9.46. The van der Waals surface area contributed by atoms with Crippen LogP contribution < -0.4 is 0 Å². The number of hydrogen-bond donors (Lipinski definition) is 0. The number of rotatable bonds is 4. The van der Waals surface area contributed by atoms with Crippen LogP contribution in [0.2, 0.25) is 0 Å². The molecule has 1 aliphatic rings. The van der Waals surface area contributed by atoms with Gasteiger partial charge in [0.1, 0.15) is 0 Å². The minimum atomic E-state index is -3.44. The lowest BCUT2D eigenvalue weighted by atomic mass is 9.97. The van der Waals surface area contributed by atoms with E-state index in [2.05, 4.69) is 6.07 Å². The second kappa shape index (κ2) is 7.64. The summed E-state index contributed by atoms with van der Waals surface area (Å²) in [5.41, 5.74) is 1.31. The number of sulfone groups is 1. The van der Waals surface area contributed by atoms with Crippen molar-refractivity contribution in [3.63, 3.8) is 0 Å². The molecular weight excluding hydrogens is 392 g/mol. The largest absolute Gasteiger partial charge is 0.339 e. The minimum absolute atomic E-state index is 0.0169. The summed E-state index contributed by atoms with van der Waals surface area (Å²) in [6.07, 6.45) is 1.68. The third kappa shape index (κ3) is 3.56. The van der Waals surface area contributed by atoms with Crippen molar-refractivity contribution < 1.29 is 13.2 Å². The zero-order valence-corrected chi connectivity index (χ0v) is 17.3. The number of aromatic nitrogens is 1. The van der Waals surface area contributed by atoms with Crippen molar-refractivity contribution in [2.24, 2.45) is 0 Å². The van der Waals surface area contributed by atoms with Gasteiger partial charge in [-0.25, -0.2) is 13.4 Å². The van der Waals surface area contributed by atoms with Crippen LogP contribution in [0.4, 0.5) is 0 Å². The van der Waals surface area contributed by atoms with Crippen molar-refractivity contribution in [1.82, 2.24) is 9.88 Å². The molecule has 2 heterocycles. The van der Waals surface area contributed by atoms with E-state index < -0.39 is 9.84 Å². The highest BCUT2D eigenvalue weighted by Crippen LogP contribution is 2.34. The molecule has 0 saturated carbocycles. The number of thiazole rings is 1. The molecule has 1 fully saturated rings. The highest BCUT2D eigenvalue weighted by atomic mass is 32.2. The first-order chi connectivity index (χ1) is 13.5. The van der Waals surface area contributed by atoms with Gasteiger partial charge >= 0.3 is 0 Å². The summed E-state index contributed by atoms with van der Waals surface area (Å²) in [6, 6.07) is 14.7. The Bertz CT molecular complexity index is 1080. The fraction of sp³-hybridized carbons (Fsp3) is 0.333. The molecule has 7 heteroatoms. The van der Waals surface area contributed by atoms with Crippen LogP contribution in [0.15, 0.2) is 53.4 Å². The van der Waals surface area contributed by atoms with E-state index in [1.54, 1.807) is 41.4 Å². The SMILES string of the molecule is CCS(=O)(=O)c1ccccc1C(=O)N1CCC(c2nc3ccccc3s2)CC1. The van der Waals surface area contributed by atoms with Crippen LogP contribution >= 0.6 is 11.3 Å². The van der Waals surface area contributed by atoms with Crippen molar-refractivity contribution in [2.45, 2.75) is 30.6 Å². The standard InChI is InChI=1S/C21H22N2O3S2/c1-2-28(25,26)19-10-6-3-7-16(19)21(24)23-13-11-15(12-14-23)20-22-17-8-4-5-9-18(17)27-20/h3-10,15H,2,11-14H2,1H3. The zero-order chi connectivity index (χ0) is 19.7. The number of fused-ring (bicyclic) bond motifs is 1. The van der Waals surface area contributed by atoms with Crippen LogP contribution in [-0.2, 0) is 9.84 Å². The van der Waals surface area contributed by atoms with Crippen LogP contribution in [0.1, 0.15) is 41.0 Å². The predicted molar refractivity (Wildman–Crippen MR) is 112 cm³/mol. The Hall–Kier alpha value is -2.25. The fourth-order valence-corrected chi connectivity index (χ4v) is 5.86. The number of hydrogen-bond acceptors (Lipinski definition) is 5. The summed E-state index contributed by atoms with van der Waals surface area (Å²) in [4.78, 5) is 19.7. The monoisotopic (exact) mass is 414 g/mol. The second-order valence-electron chi connectivity index (χ2n) is 6.99. The van der Waals surface area contributed by atoms with Gasteiger partial charge < -0.3 is 4.90 Å². The number of carbonyl (C=O) groups excluding carboxylic acids is 1. The van der Waals surface area contributed by atoms with Gasteiger partial charge in [0.2, 0.25) is 0 Å². The van der Waals surface area contributed by atoms with Crippen LogP contribution in [0.5, 0.6) is 0 Å². The van der Waals surface area contributed by atoms with Crippen LogP contribution in [0.3, 0.4) is 0 Å². The molecule has 0 N–H and O–H groups in total. The minimum Gasteiger partial charge on any atom is -0.339 e. The summed E-state index contributed by atoms with van der Waals surface area (Å²) in [5.74, 6) is 0.128. The molecule has 1 saturated heterocycles. The maximum absolute atomic E-state index is 13.0. The molecule has 2 aromatic carbocycles. The molecule has 4 rings (SSSR count). The molecule has 0 radical (unpaired) electrons. The van der Waals surface area contributed by atoms with Gasteiger partial charge in [0, 0.05) is 19.0 Å². The molecule has 28 heavy (non-hydrogen) atoms. The molecule has 0 bridgehead atoms. The number of likely N-dealkylation sites (tertiary alicyclic amines) is 1. The molecular formula is C21H22N2O3S2. The van der Waals surface area contributed by atoms with Crippen molar-refractivity contribution in [3.05, 3.63) is 59.1 Å². The van der Waals surface area contributed by atoms with Gasteiger partial charge in [-0.05, 0) is 37.1 Å². The lowest BCUT2D eigenvalue weighted by Gasteiger charge is -2.31. The molecule has 1 aliphatic heterocycles. The van der Waals surface area contributed by atoms with Crippen molar-refractivity contribution in [2.75, 3.05) is 18.8 Å². The smallest absolute Gasteiger partial charge is 0.255 e. The molecule has 5 nitrogen and oxygen atoms in total. The third-order valence-corrected chi connectivity index (χ3v) is 8.26. The lowest BCUT2D eigenvalue weighted by molar-refractivity contribution is 0.0709. The van der Waals surface area contributed by atoms with Crippen LogP contribution in [-0.4, -0.2) is 43.1 Å². The van der Waals surface area contributed by atoms with Gasteiger partial charge in [-0.2, -0.15) is 0 Å². The van der Waals surface area contributed by atoms with Gasteiger partial charge in [-0.3, -0.25) is 4.79 Å². The molecule has 0 unspecified atom stereocenters. The summed E-state index contributed by atoms with van der Waals surface area (Å²) in [7, 11) is -3.44. The first kappa shape index (κ1) is 19.1. The quantitative estimate of drug-likeness (QED) is 0.644. The average molecular weight is 415 g/mol. The Morgan fingerprint density at radius 2 is 1.79 bits per heavy atom. The van der Waals surface area contributed by atoms with Crippen LogP contribution in [0.25, 0.3) is 10.2 Å². The Morgan fingerprint density at radius 3 is 2.50 bits per heavy atom. The van der Waals surface area contributed by atoms with E-state index in [4.69, 9.17) is 4.98 Å². The molecule has 1 amide bonds. The fourth-order valence-electron chi connectivity index (χ4n) is 3.63. The average Bonchev–Trinajstić information content (AvgIpc) is 3.17. The molecule has 0 aliphatic carbocycles. The first-order valence-corrected chi connectivity index (χ1v) is 11.9. The lowest BCUT2D eigenvalue weighted by Crippen LogP contribution is -2.38. The number of carbonyl (C=O) groups is 1. The van der Waals surface area contributed by atoms with Crippen molar-refractivity contribution in [1.29, 1.82) is 0 Å². The number of nitrogens with zero attached hydrogens (tertiary/aromatic N) is 2. The number of amides is 1. The molecule has 3 aromatic rings. The van der Waals surface area contributed by atoms with E-state index in [0.29, 0.717) is 19.0 Å². The van der Waals surface area contributed by atoms with Crippen molar-refractivity contribution in [3.8, 4) is 0 Å². The molecule has 1 aromatic heterocycles. The number of benzene rings is 2. The summed E-state index contributed by atoms with van der Waals surface area (Å²) in [5, 5.41) is 1.13. The Balaban J connectivity index is 1.50. The molecule has 146 valence electrons. The number of para-hydroxylation sites is 1. The van der Waals surface area contributed by atoms with Gasteiger partial charge in [0.15, 0.2) is 9.84 Å². The topological polar surface area (TPSA) is 67.3 Å². The van der Waals surface area contributed by atoms with Gasteiger partial charge in [-0.15, -0.1) is 11.3 Å². The highest BCUT2D eigenvalue weighted by molar-refractivity contribution is 7.91. The predicted octanol–water partition coefficient (Wildman–Crippen LogP) is 4.11. The number of piperidine rings is 1. The van der Waals surface area contributed by atoms with E-state index in [1.165, 1.54) is 10.8 Å². The van der Waals surface area contributed by atoms with E-state index >= 15 is 0 Å². The van der Waals surface area contributed by atoms with E-state index in [9.17, 15) is 13.2 Å². The zero-order valence-electron chi connectivity index (χ0n) is 15.7. The summed E-state index contributed by atoms with van der Waals surface area (Å²) < 4.78 is 25.9. The summed E-state index contributed by atoms with van der Waals surface area (Å²) >= 11 is 1.72. The Labute approximate surface area is 168 Å². The van der Waals surface area contributed by atoms with Gasteiger partial charge in [-0.1, -0.05) is 31.2 Å². The van der Waals surface area contributed by atoms with Crippen molar-refractivity contribution >= 4 is 37.3 Å². The second-order valence-corrected chi connectivity index (χ2v) is 10.3. The van der Waals surface area contributed by atoms with Gasteiger partial charge in [0.25, 0.3) is 5.91 Å². The molecule has 0 spiro atoms. The van der Waals surface area contributed by atoms with E-state index in [1.807, 2.05) is 18.2 Å². The van der Waals surface area contributed by atoms with E-state index in [-0.39, 0.29) is 22.1 Å². The third-order valence-electron chi connectivity index (χ3n) is 5.27. The summed E-state index contributed by atoms with van der Waals surface area (Å²) in [6.45, 7) is 2.82. The van der Waals surface area contributed by atoms with Crippen LogP contribution in [0, 0.1) is 0 Å².